The Bertz CT molecular complexity index is 364. The number of halogens is 2. The molecule has 0 unspecified atom stereocenters. The van der Waals surface area contributed by atoms with Gasteiger partial charge in [-0.05, 0) is 18.1 Å². The zero-order valence-corrected chi connectivity index (χ0v) is 8.76. The highest BCUT2D eigenvalue weighted by Gasteiger charge is 2.08. The van der Waals surface area contributed by atoms with Gasteiger partial charge in [-0.2, -0.15) is 0 Å². The average molecular weight is 213 g/mol. The van der Waals surface area contributed by atoms with E-state index in [0.717, 1.165) is 6.07 Å². The highest BCUT2D eigenvalue weighted by Crippen LogP contribution is 2.11. The number of aryl methyl sites for hydroxylation is 1. The van der Waals surface area contributed by atoms with E-state index < -0.39 is 11.6 Å². The summed E-state index contributed by atoms with van der Waals surface area (Å²) >= 11 is 0. The number of hydrogen-bond acceptors (Lipinski definition) is 1. The normalized spacial score (nSPS) is 10.1. The molecule has 0 aromatic heterocycles. The Morgan fingerprint density at radius 3 is 2.53 bits per heavy atom. The minimum Gasteiger partial charge on any atom is -0.349 e. The maximum atomic E-state index is 13.1. The maximum Gasteiger partial charge on any atom is 0.222 e. The van der Waals surface area contributed by atoms with Gasteiger partial charge in [-0.3, -0.25) is 4.79 Å². The van der Waals surface area contributed by atoms with Crippen molar-refractivity contribution in [2.45, 2.75) is 12.8 Å². The molecule has 1 rings (SSSR count). The molecule has 0 aliphatic rings. The lowest BCUT2D eigenvalue weighted by atomic mass is 10.1. The third-order valence-corrected chi connectivity index (χ3v) is 2.12. The summed E-state index contributed by atoms with van der Waals surface area (Å²) in [5.74, 6) is -1.27. The number of amides is 1. The van der Waals surface area contributed by atoms with E-state index in [0.29, 0.717) is 12.0 Å². The van der Waals surface area contributed by atoms with Gasteiger partial charge in [-0.15, -0.1) is 0 Å². The topological polar surface area (TPSA) is 20.3 Å². The lowest BCUT2D eigenvalue weighted by Gasteiger charge is -2.10. The lowest BCUT2D eigenvalue weighted by Crippen LogP contribution is -2.21. The number of benzene rings is 1. The van der Waals surface area contributed by atoms with Crippen molar-refractivity contribution in [2.75, 3.05) is 14.1 Å². The largest absolute Gasteiger partial charge is 0.349 e. The summed E-state index contributed by atoms with van der Waals surface area (Å²) in [6.45, 7) is 0. The molecule has 0 radical (unpaired) electrons. The molecule has 0 fully saturated rings. The number of nitrogens with zero attached hydrogens (tertiary/aromatic N) is 1. The Morgan fingerprint density at radius 1 is 1.33 bits per heavy atom. The quantitative estimate of drug-likeness (QED) is 0.751. The molecule has 2 nitrogen and oxygen atoms in total. The molecule has 1 amide bonds. The van der Waals surface area contributed by atoms with Crippen LogP contribution in [0, 0.1) is 11.6 Å². The summed E-state index contributed by atoms with van der Waals surface area (Å²) in [6, 6.07) is 3.39. The van der Waals surface area contributed by atoms with E-state index in [1.165, 1.54) is 17.0 Å². The van der Waals surface area contributed by atoms with Crippen LogP contribution >= 0.6 is 0 Å². The molecule has 0 saturated carbocycles. The molecule has 0 aliphatic carbocycles. The van der Waals surface area contributed by atoms with Crippen molar-refractivity contribution in [1.82, 2.24) is 4.90 Å². The van der Waals surface area contributed by atoms with E-state index in [9.17, 15) is 13.6 Å². The molecule has 15 heavy (non-hydrogen) atoms. The van der Waals surface area contributed by atoms with Crippen LogP contribution < -0.4 is 0 Å². The summed E-state index contributed by atoms with van der Waals surface area (Å²) in [5, 5.41) is 0. The molecule has 0 spiro atoms. The third-order valence-electron chi connectivity index (χ3n) is 2.12. The van der Waals surface area contributed by atoms with E-state index in [1.807, 2.05) is 0 Å². The first-order valence-electron chi connectivity index (χ1n) is 4.65. The van der Waals surface area contributed by atoms with E-state index in [2.05, 4.69) is 0 Å². The van der Waals surface area contributed by atoms with Gasteiger partial charge < -0.3 is 4.90 Å². The zero-order valence-electron chi connectivity index (χ0n) is 8.76. The highest BCUT2D eigenvalue weighted by molar-refractivity contribution is 5.75. The number of rotatable bonds is 3. The van der Waals surface area contributed by atoms with Crippen LogP contribution in [0.4, 0.5) is 8.78 Å². The molecule has 0 atom stereocenters. The van der Waals surface area contributed by atoms with Gasteiger partial charge >= 0.3 is 0 Å². The van der Waals surface area contributed by atoms with E-state index in [-0.39, 0.29) is 12.3 Å². The molecule has 1 aromatic carbocycles. The number of carbonyl (C=O) groups is 1. The zero-order chi connectivity index (χ0) is 11.4. The number of hydrogen-bond donors (Lipinski definition) is 0. The first kappa shape index (κ1) is 11.6. The van der Waals surface area contributed by atoms with Crippen molar-refractivity contribution < 1.29 is 13.6 Å². The van der Waals surface area contributed by atoms with Gasteiger partial charge in [0.25, 0.3) is 0 Å². The average Bonchev–Trinajstić information content (AvgIpc) is 2.15. The van der Waals surface area contributed by atoms with Gasteiger partial charge in [-0.1, -0.05) is 6.07 Å². The minimum atomic E-state index is -0.602. The van der Waals surface area contributed by atoms with Gasteiger partial charge in [0.2, 0.25) is 5.91 Å². The van der Waals surface area contributed by atoms with Crippen LogP contribution in [0.15, 0.2) is 18.2 Å². The first-order valence-corrected chi connectivity index (χ1v) is 4.65. The van der Waals surface area contributed by atoms with Crippen LogP contribution in [-0.4, -0.2) is 24.9 Å². The van der Waals surface area contributed by atoms with Gasteiger partial charge in [0.15, 0.2) is 0 Å². The molecule has 0 aliphatic heterocycles. The molecular formula is C11H13F2NO. The van der Waals surface area contributed by atoms with Crippen molar-refractivity contribution in [3.8, 4) is 0 Å². The van der Waals surface area contributed by atoms with E-state index in [4.69, 9.17) is 0 Å². The number of carbonyl (C=O) groups excluding carboxylic acids is 1. The molecule has 0 heterocycles. The predicted molar refractivity (Wildman–Crippen MR) is 53.4 cm³/mol. The summed E-state index contributed by atoms with van der Waals surface area (Å²) in [5.41, 5.74) is 0.367. The van der Waals surface area contributed by atoms with Crippen LogP contribution in [-0.2, 0) is 11.2 Å². The summed E-state index contributed by atoms with van der Waals surface area (Å²) in [7, 11) is 3.28. The molecule has 82 valence electrons. The van der Waals surface area contributed by atoms with Crippen molar-refractivity contribution in [2.24, 2.45) is 0 Å². The second-order valence-corrected chi connectivity index (χ2v) is 3.52. The van der Waals surface area contributed by atoms with Crippen molar-refractivity contribution in [3.63, 3.8) is 0 Å². The fourth-order valence-corrected chi connectivity index (χ4v) is 1.19. The molecule has 0 N–H and O–H groups in total. The van der Waals surface area contributed by atoms with Crippen molar-refractivity contribution >= 4 is 5.91 Å². The second kappa shape index (κ2) is 4.87. The molecule has 0 saturated heterocycles. The van der Waals surface area contributed by atoms with E-state index in [1.54, 1.807) is 14.1 Å². The summed E-state index contributed by atoms with van der Waals surface area (Å²) in [6.07, 6.45) is 0.526. The Morgan fingerprint density at radius 2 is 2.00 bits per heavy atom. The molecule has 0 bridgehead atoms. The molecule has 4 heteroatoms. The summed E-state index contributed by atoms with van der Waals surface area (Å²) in [4.78, 5) is 12.7. The van der Waals surface area contributed by atoms with Crippen molar-refractivity contribution in [1.29, 1.82) is 0 Å². The maximum absolute atomic E-state index is 13.1. The molecule has 1 aromatic rings. The van der Waals surface area contributed by atoms with Gasteiger partial charge in [0.1, 0.15) is 11.6 Å². The van der Waals surface area contributed by atoms with Crippen LogP contribution in [0.25, 0.3) is 0 Å². The van der Waals surface area contributed by atoms with Crippen LogP contribution in [0.5, 0.6) is 0 Å². The molecular weight excluding hydrogens is 200 g/mol. The summed E-state index contributed by atoms with van der Waals surface area (Å²) < 4.78 is 25.7. The van der Waals surface area contributed by atoms with Crippen LogP contribution in [0.3, 0.4) is 0 Å². The van der Waals surface area contributed by atoms with Gasteiger partial charge in [0, 0.05) is 26.6 Å². The smallest absolute Gasteiger partial charge is 0.222 e. The van der Waals surface area contributed by atoms with Crippen molar-refractivity contribution in [3.05, 3.63) is 35.4 Å². The minimum absolute atomic E-state index is 0.0706. The highest BCUT2D eigenvalue weighted by atomic mass is 19.1. The third kappa shape index (κ3) is 3.31. The van der Waals surface area contributed by atoms with Crippen LogP contribution in [0.2, 0.25) is 0 Å². The fraction of sp³-hybridized carbons (Fsp3) is 0.364. The Labute approximate surface area is 87.5 Å². The Hall–Kier alpha value is -1.45. The monoisotopic (exact) mass is 213 g/mol. The standard InChI is InChI=1S/C11H13F2NO/c1-14(2)11(15)6-4-8-3-5-9(12)7-10(8)13/h3,5,7H,4,6H2,1-2H3. The van der Waals surface area contributed by atoms with Gasteiger partial charge in [-0.25, -0.2) is 8.78 Å². The Balaban J connectivity index is 2.62. The second-order valence-electron chi connectivity index (χ2n) is 3.52. The van der Waals surface area contributed by atoms with Crippen LogP contribution in [0.1, 0.15) is 12.0 Å². The fourth-order valence-electron chi connectivity index (χ4n) is 1.19. The SMILES string of the molecule is CN(C)C(=O)CCc1ccc(F)cc1F. The first-order chi connectivity index (χ1) is 7.00. The lowest BCUT2D eigenvalue weighted by molar-refractivity contribution is -0.128. The van der Waals surface area contributed by atoms with Gasteiger partial charge in [0.05, 0.1) is 0 Å². The predicted octanol–water partition coefficient (Wildman–Crippen LogP) is 1.99. The Kier molecular flexibility index (Phi) is 3.77. The van der Waals surface area contributed by atoms with E-state index >= 15 is 0 Å².